The average molecular weight is 191 g/mol. The molecule has 1 aromatic rings. The Morgan fingerprint density at radius 2 is 2.00 bits per heavy atom. The molecule has 74 valence electrons. The van der Waals surface area contributed by atoms with Crippen molar-refractivity contribution >= 4 is 5.91 Å². The van der Waals surface area contributed by atoms with Crippen LogP contribution in [0.25, 0.3) is 0 Å². The van der Waals surface area contributed by atoms with Gasteiger partial charge in [-0.15, -0.1) is 0 Å². The van der Waals surface area contributed by atoms with E-state index >= 15 is 0 Å². The third-order valence-corrected chi connectivity index (χ3v) is 2.65. The van der Waals surface area contributed by atoms with Crippen LogP contribution in [-0.2, 0) is 4.79 Å². The summed E-state index contributed by atoms with van der Waals surface area (Å²) in [7, 11) is 3.46. The van der Waals surface area contributed by atoms with Crippen molar-refractivity contribution in [1.82, 2.24) is 4.90 Å². The number of hydrogen-bond donors (Lipinski definition) is 0. The van der Waals surface area contributed by atoms with Gasteiger partial charge in [-0.25, -0.2) is 0 Å². The van der Waals surface area contributed by atoms with Gasteiger partial charge in [0, 0.05) is 13.6 Å². The highest BCUT2D eigenvalue weighted by Gasteiger charge is 2.34. The number of nitrogens with zero attached hydrogens (tertiary/aromatic N) is 1. The van der Waals surface area contributed by atoms with Crippen molar-refractivity contribution < 1.29 is 9.53 Å². The summed E-state index contributed by atoms with van der Waals surface area (Å²) in [6, 6.07) is 7.69. The van der Waals surface area contributed by atoms with Crippen LogP contribution in [0.15, 0.2) is 24.3 Å². The molecule has 1 aliphatic rings. The standard InChI is InChI=1S/C11H13NO2/c1-12-7-10(11(12)13)8-3-5-9(14-2)6-4-8/h3-6,10H,7H2,1-2H3. The number of methoxy groups -OCH3 is 1. The number of carbonyl (C=O) groups is 1. The van der Waals surface area contributed by atoms with Crippen LogP contribution in [-0.4, -0.2) is 31.5 Å². The molecule has 0 N–H and O–H groups in total. The number of rotatable bonds is 2. The topological polar surface area (TPSA) is 29.5 Å². The number of amides is 1. The van der Waals surface area contributed by atoms with E-state index in [1.165, 1.54) is 0 Å². The molecular weight excluding hydrogens is 178 g/mol. The number of ether oxygens (including phenoxy) is 1. The Balaban J connectivity index is 2.14. The number of hydrogen-bond acceptors (Lipinski definition) is 2. The molecule has 3 heteroatoms. The van der Waals surface area contributed by atoms with Crippen molar-refractivity contribution in [2.75, 3.05) is 20.7 Å². The first-order valence-electron chi connectivity index (χ1n) is 4.61. The second kappa shape index (κ2) is 3.33. The Labute approximate surface area is 83.3 Å². The molecule has 1 saturated heterocycles. The van der Waals surface area contributed by atoms with E-state index < -0.39 is 0 Å². The van der Waals surface area contributed by atoms with Gasteiger partial charge in [0.25, 0.3) is 0 Å². The minimum absolute atomic E-state index is 0.0610. The van der Waals surface area contributed by atoms with Gasteiger partial charge in [0.2, 0.25) is 5.91 Å². The molecule has 1 atom stereocenters. The smallest absolute Gasteiger partial charge is 0.231 e. The maximum Gasteiger partial charge on any atom is 0.231 e. The summed E-state index contributed by atoms with van der Waals surface area (Å²) >= 11 is 0. The molecule has 0 bridgehead atoms. The maximum atomic E-state index is 11.4. The van der Waals surface area contributed by atoms with Gasteiger partial charge in [-0.2, -0.15) is 0 Å². The number of benzene rings is 1. The summed E-state index contributed by atoms with van der Waals surface area (Å²) in [5.41, 5.74) is 1.08. The molecule has 1 amide bonds. The van der Waals surface area contributed by atoms with Crippen LogP contribution < -0.4 is 4.74 Å². The molecule has 14 heavy (non-hydrogen) atoms. The predicted molar refractivity (Wildman–Crippen MR) is 53.4 cm³/mol. The molecule has 0 aromatic heterocycles. The first kappa shape index (κ1) is 9.06. The molecule has 1 unspecified atom stereocenters. The van der Waals surface area contributed by atoms with E-state index in [9.17, 15) is 4.79 Å². The van der Waals surface area contributed by atoms with E-state index in [4.69, 9.17) is 4.74 Å². The van der Waals surface area contributed by atoms with E-state index in [1.54, 1.807) is 12.0 Å². The highest BCUT2D eigenvalue weighted by molar-refractivity contribution is 5.89. The molecule has 1 aromatic carbocycles. The van der Waals surface area contributed by atoms with Gasteiger partial charge in [0.15, 0.2) is 0 Å². The molecule has 1 heterocycles. The normalized spacial score (nSPS) is 20.6. The molecule has 1 aliphatic heterocycles. The maximum absolute atomic E-state index is 11.4. The lowest BCUT2D eigenvalue weighted by Crippen LogP contribution is -2.47. The van der Waals surface area contributed by atoms with Crippen molar-refractivity contribution in [3.8, 4) is 5.75 Å². The Hall–Kier alpha value is -1.51. The van der Waals surface area contributed by atoms with Gasteiger partial charge < -0.3 is 9.64 Å². The Morgan fingerprint density at radius 3 is 2.43 bits per heavy atom. The van der Waals surface area contributed by atoms with Crippen LogP contribution in [0.2, 0.25) is 0 Å². The zero-order valence-corrected chi connectivity index (χ0v) is 8.36. The molecule has 0 spiro atoms. The molecule has 0 radical (unpaired) electrons. The lowest BCUT2D eigenvalue weighted by molar-refractivity contribution is -0.140. The third-order valence-electron chi connectivity index (χ3n) is 2.65. The lowest BCUT2D eigenvalue weighted by Gasteiger charge is -2.35. The van der Waals surface area contributed by atoms with Crippen molar-refractivity contribution in [1.29, 1.82) is 0 Å². The van der Waals surface area contributed by atoms with Crippen LogP contribution in [0, 0.1) is 0 Å². The largest absolute Gasteiger partial charge is 0.497 e. The Bertz CT molecular complexity index is 345. The third kappa shape index (κ3) is 1.35. The summed E-state index contributed by atoms with van der Waals surface area (Å²) in [5.74, 6) is 1.09. The second-order valence-corrected chi connectivity index (χ2v) is 3.54. The number of likely N-dealkylation sites (tertiary alicyclic amines) is 1. The van der Waals surface area contributed by atoms with Crippen molar-refractivity contribution in [2.45, 2.75) is 5.92 Å². The van der Waals surface area contributed by atoms with Crippen LogP contribution in [0.4, 0.5) is 0 Å². The van der Waals surface area contributed by atoms with Crippen LogP contribution in [0.3, 0.4) is 0 Å². The van der Waals surface area contributed by atoms with Gasteiger partial charge >= 0.3 is 0 Å². The Kier molecular flexibility index (Phi) is 2.15. The summed E-state index contributed by atoms with van der Waals surface area (Å²) in [6.07, 6.45) is 0. The monoisotopic (exact) mass is 191 g/mol. The number of likely N-dealkylation sites (N-methyl/N-ethyl adjacent to an activating group) is 1. The average Bonchev–Trinajstić information content (AvgIpc) is 2.25. The first-order valence-corrected chi connectivity index (χ1v) is 4.61. The van der Waals surface area contributed by atoms with E-state index in [2.05, 4.69) is 0 Å². The summed E-state index contributed by atoms with van der Waals surface area (Å²) in [6.45, 7) is 0.825. The molecule has 0 aliphatic carbocycles. The fourth-order valence-electron chi connectivity index (χ4n) is 1.68. The van der Waals surface area contributed by atoms with Gasteiger partial charge in [-0.1, -0.05) is 12.1 Å². The van der Waals surface area contributed by atoms with Gasteiger partial charge in [-0.05, 0) is 17.7 Å². The molecule has 0 saturated carbocycles. The van der Waals surface area contributed by atoms with Crippen LogP contribution >= 0.6 is 0 Å². The van der Waals surface area contributed by atoms with Crippen LogP contribution in [0.1, 0.15) is 11.5 Å². The number of carbonyl (C=O) groups excluding carboxylic acids is 1. The summed E-state index contributed by atoms with van der Waals surface area (Å²) in [4.78, 5) is 13.1. The van der Waals surface area contributed by atoms with Crippen molar-refractivity contribution in [2.24, 2.45) is 0 Å². The predicted octanol–water partition coefficient (Wildman–Crippen LogP) is 1.25. The molecule has 2 rings (SSSR count). The highest BCUT2D eigenvalue weighted by Crippen LogP contribution is 2.28. The highest BCUT2D eigenvalue weighted by atomic mass is 16.5. The van der Waals surface area contributed by atoms with Gasteiger partial charge in [0.1, 0.15) is 5.75 Å². The zero-order chi connectivity index (χ0) is 10.1. The minimum atomic E-state index is 0.0610. The SMILES string of the molecule is COc1ccc(C2CN(C)C2=O)cc1. The van der Waals surface area contributed by atoms with Crippen LogP contribution in [0.5, 0.6) is 5.75 Å². The second-order valence-electron chi connectivity index (χ2n) is 3.54. The summed E-state index contributed by atoms with van der Waals surface area (Å²) < 4.78 is 5.05. The molecule has 3 nitrogen and oxygen atoms in total. The number of β-lactam (4-membered cyclic amide) rings is 1. The van der Waals surface area contributed by atoms with E-state index in [1.807, 2.05) is 31.3 Å². The molecular formula is C11H13NO2. The van der Waals surface area contributed by atoms with E-state index in [0.29, 0.717) is 0 Å². The fourth-order valence-corrected chi connectivity index (χ4v) is 1.68. The minimum Gasteiger partial charge on any atom is -0.497 e. The van der Waals surface area contributed by atoms with Gasteiger partial charge in [0.05, 0.1) is 13.0 Å². The first-order chi connectivity index (χ1) is 6.72. The zero-order valence-electron chi connectivity index (χ0n) is 8.36. The molecule has 1 fully saturated rings. The Morgan fingerprint density at radius 1 is 1.36 bits per heavy atom. The van der Waals surface area contributed by atoms with Crippen molar-refractivity contribution in [3.63, 3.8) is 0 Å². The van der Waals surface area contributed by atoms with E-state index in [0.717, 1.165) is 17.9 Å². The summed E-state index contributed by atoms with van der Waals surface area (Å²) in [5, 5.41) is 0. The lowest BCUT2D eigenvalue weighted by atomic mass is 9.91. The quantitative estimate of drug-likeness (QED) is 0.658. The van der Waals surface area contributed by atoms with Gasteiger partial charge in [-0.3, -0.25) is 4.79 Å². The van der Waals surface area contributed by atoms with E-state index in [-0.39, 0.29) is 11.8 Å². The fraction of sp³-hybridized carbons (Fsp3) is 0.364. The van der Waals surface area contributed by atoms with Crippen molar-refractivity contribution in [3.05, 3.63) is 29.8 Å².